The molecule has 3 N–H and O–H groups in total. The van der Waals surface area contributed by atoms with Crippen LogP contribution in [0.2, 0.25) is 0 Å². The minimum absolute atomic E-state index is 0.221. The number of aromatic nitrogens is 1. The van der Waals surface area contributed by atoms with Gasteiger partial charge < -0.3 is 10.4 Å². The first-order valence-electron chi connectivity index (χ1n) is 5.53. The molecule has 0 atom stereocenters. The van der Waals surface area contributed by atoms with Crippen molar-refractivity contribution in [2.24, 2.45) is 5.10 Å². The molecule has 0 aliphatic carbocycles. The second-order valence-corrected chi connectivity index (χ2v) is 4.07. The van der Waals surface area contributed by atoms with E-state index in [2.05, 4.69) is 20.8 Å². The van der Waals surface area contributed by atoms with Gasteiger partial charge in [0.15, 0.2) is 5.11 Å². The molecule has 0 saturated carbocycles. The van der Waals surface area contributed by atoms with Gasteiger partial charge in [-0.15, -0.1) is 0 Å². The summed E-state index contributed by atoms with van der Waals surface area (Å²) in [4.78, 5) is 3.96. The summed E-state index contributed by atoms with van der Waals surface area (Å²) in [6.45, 7) is 0. The zero-order chi connectivity index (χ0) is 13.5. The normalized spacial score (nSPS) is 10.3. The number of nitrogens with one attached hydrogen (secondary N) is 2. The highest BCUT2D eigenvalue weighted by Crippen LogP contribution is 2.07. The van der Waals surface area contributed by atoms with E-state index < -0.39 is 0 Å². The number of thiocarbonyl (C=S) groups is 1. The monoisotopic (exact) mass is 272 g/mol. The standard InChI is InChI=1S/C13H12N4OS/c18-12-5-3-10(4-6-12)8-15-17-13(19)16-11-2-1-7-14-9-11/h1-9,18H,(H2,16,17,19)/b15-8+. The Morgan fingerprint density at radius 2 is 2.05 bits per heavy atom. The number of phenols is 1. The molecule has 1 aromatic carbocycles. The van der Waals surface area contributed by atoms with Crippen LogP contribution in [0, 0.1) is 0 Å². The van der Waals surface area contributed by atoms with E-state index in [1.807, 2.05) is 12.1 Å². The Bertz CT molecular complexity index is 569. The molecule has 19 heavy (non-hydrogen) atoms. The molecule has 2 aromatic rings. The summed E-state index contributed by atoms with van der Waals surface area (Å²) in [5, 5.41) is 16.4. The van der Waals surface area contributed by atoms with Crippen molar-refractivity contribution in [1.82, 2.24) is 10.4 Å². The molecular weight excluding hydrogens is 260 g/mol. The number of hydrazone groups is 1. The first-order chi connectivity index (χ1) is 9.24. The van der Waals surface area contributed by atoms with Crippen LogP contribution in [-0.2, 0) is 0 Å². The molecule has 1 aromatic heterocycles. The summed E-state index contributed by atoms with van der Waals surface area (Å²) in [6, 6.07) is 10.3. The number of hydrogen-bond acceptors (Lipinski definition) is 4. The van der Waals surface area contributed by atoms with E-state index in [4.69, 9.17) is 17.3 Å². The lowest BCUT2D eigenvalue weighted by atomic mass is 10.2. The Labute approximate surface area is 116 Å². The number of aromatic hydroxyl groups is 1. The van der Waals surface area contributed by atoms with Crippen LogP contribution in [0.15, 0.2) is 53.9 Å². The van der Waals surface area contributed by atoms with Gasteiger partial charge in [0.1, 0.15) is 5.75 Å². The fraction of sp³-hybridized carbons (Fsp3) is 0. The molecular formula is C13H12N4OS. The summed E-state index contributed by atoms with van der Waals surface area (Å²) in [5.41, 5.74) is 4.34. The van der Waals surface area contributed by atoms with Crippen molar-refractivity contribution in [2.45, 2.75) is 0 Å². The number of benzene rings is 1. The third-order valence-corrected chi connectivity index (χ3v) is 2.39. The number of rotatable bonds is 3. The summed E-state index contributed by atoms with van der Waals surface area (Å²) >= 11 is 5.07. The minimum atomic E-state index is 0.221. The topological polar surface area (TPSA) is 69.5 Å². The van der Waals surface area contributed by atoms with Gasteiger partial charge in [0, 0.05) is 6.20 Å². The van der Waals surface area contributed by atoms with Crippen molar-refractivity contribution in [3.63, 3.8) is 0 Å². The van der Waals surface area contributed by atoms with Crippen molar-refractivity contribution >= 4 is 29.2 Å². The molecule has 0 unspecified atom stereocenters. The maximum absolute atomic E-state index is 9.14. The van der Waals surface area contributed by atoms with E-state index in [-0.39, 0.29) is 5.75 Å². The summed E-state index contributed by atoms with van der Waals surface area (Å²) < 4.78 is 0. The third-order valence-electron chi connectivity index (χ3n) is 2.19. The lowest BCUT2D eigenvalue weighted by molar-refractivity contribution is 0.475. The van der Waals surface area contributed by atoms with Gasteiger partial charge in [-0.2, -0.15) is 5.10 Å². The van der Waals surface area contributed by atoms with Gasteiger partial charge in [-0.05, 0) is 54.2 Å². The minimum Gasteiger partial charge on any atom is -0.508 e. The van der Waals surface area contributed by atoms with E-state index in [1.54, 1.807) is 42.9 Å². The highest BCUT2D eigenvalue weighted by molar-refractivity contribution is 7.80. The molecule has 0 aliphatic heterocycles. The fourth-order valence-electron chi connectivity index (χ4n) is 1.32. The van der Waals surface area contributed by atoms with Crippen LogP contribution < -0.4 is 10.7 Å². The molecule has 1 heterocycles. The summed E-state index contributed by atoms with van der Waals surface area (Å²) in [7, 11) is 0. The largest absolute Gasteiger partial charge is 0.508 e. The molecule has 0 aliphatic rings. The van der Waals surface area contributed by atoms with Crippen molar-refractivity contribution in [3.8, 4) is 5.75 Å². The molecule has 0 saturated heterocycles. The molecule has 2 rings (SSSR count). The molecule has 0 bridgehead atoms. The van der Waals surface area contributed by atoms with Crippen LogP contribution in [0.1, 0.15) is 5.56 Å². The quantitative estimate of drug-likeness (QED) is 0.453. The van der Waals surface area contributed by atoms with Gasteiger partial charge in [0.2, 0.25) is 0 Å². The molecule has 0 fully saturated rings. The van der Waals surface area contributed by atoms with Crippen molar-refractivity contribution in [1.29, 1.82) is 0 Å². The number of pyridine rings is 1. The van der Waals surface area contributed by atoms with Gasteiger partial charge >= 0.3 is 0 Å². The molecule has 0 spiro atoms. The molecule has 0 amide bonds. The highest BCUT2D eigenvalue weighted by atomic mass is 32.1. The van der Waals surface area contributed by atoms with Crippen LogP contribution >= 0.6 is 12.2 Å². The van der Waals surface area contributed by atoms with E-state index in [1.165, 1.54) is 0 Å². The van der Waals surface area contributed by atoms with Crippen LogP contribution in [0.4, 0.5) is 5.69 Å². The lowest BCUT2D eigenvalue weighted by Crippen LogP contribution is -2.23. The van der Waals surface area contributed by atoms with E-state index >= 15 is 0 Å². The Balaban J connectivity index is 1.85. The van der Waals surface area contributed by atoms with E-state index in [0.717, 1.165) is 11.3 Å². The average Bonchev–Trinajstić information content (AvgIpc) is 2.42. The van der Waals surface area contributed by atoms with Crippen LogP contribution in [0.3, 0.4) is 0 Å². The molecule has 96 valence electrons. The van der Waals surface area contributed by atoms with Crippen LogP contribution in [0.25, 0.3) is 0 Å². The first-order valence-corrected chi connectivity index (χ1v) is 5.94. The van der Waals surface area contributed by atoms with Crippen LogP contribution in [0.5, 0.6) is 5.75 Å². The van der Waals surface area contributed by atoms with Crippen molar-refractivity contribution in [3.05, 3.63) is 54.4 Å². The second-order valence-electron chi connectivity index (χ2n) is 3.66. The Hall–Kier alpha value is -2.47. The molecule has 6 heteroatoms. The number of phenolic OH excluding ortho intramolecular Hbond substituents is 1. The Kier molecular flexibility index (Phi) is 4.41. The van der Waals surface area contributed by atoms with Crippen LogP contribution in [-0.4, -0.2) is 21.4 Å². The predicted octanol–water partition coefficient (Wildman–Crippen LogP) is 2.11. The van der Waals surface area contributed by atoms with E-state index in [9.17, 15) is 0 Å². The molecule has 5 nitrogen and oxygen atoms in total. The number of nitrogens with zero attached hydrogens (tertiary/aromatic N) is 2. The predicted molar refractivity (Wildman–Crippen MR) is 79.3 cm³/mol. The SMILES string of the molecule is Oc1ccc(/C=N/NC(=S)Nc2cccnc2)cc1. The van der Waals surface area contributed by atoms with Gasteiger partial charge in [-0.3, -0.25) is 10.4 Å². The first kappa shape index (κ1) is 13.0. The van der Waals surface area contributed by atoms with Gasteiger partial charge in [-0.25, -0.2) is 0 Å². The maximum Gasteiger partial charge on any atom is 0.191 e. The highest BCUT2D eigenvalue weighted by Gasteiger charge is 1.94. The average molecular weight is 272 g/mol. The zero-order valence-corrected chi connectivity index (χ0v) is 10.8. The smallest absolute Gasteiger partial charge is 0.191 e. The second kappa shape index (κ2) is 6.46. The molecule has 0 radical (unpaired) electrons. The third kappa shape index (κ3) is 4.36. The Morgan fingerprint density at radius 1 is 1.26 bits per heavy atom. The van der Waals surface area contributed by atoms with Crippen molar-refractivity contribution in [2.75, 3.05) is 5.32 Å². The maximum atomic E-state index is 9.14. The lowest BCUT2D eigenvalue weighted by Gasteiger charge is -2.05. The van der Waals surface area contributed by atoms with Gasteiger partial charge in [0.05, 0.1) is 18.1 Å². The Morgan fingerprint density at radius 3 is 2.74 bits per heavy atom. The number of anilines is 1. The zero-order valence-electron chi connectivity index (χ0n) is 9.95. The van der Waals surface area contributed by atoms with E-state index in [0.29, 0.717) is 5.11 Å². The van der Waals surface area contributed by atoms with Gasteiger partial charge in [0.25, 0.3) is 0 Å². The fourth-order valence-corrected chi connectivity index (χ4v) is 1.49. The summed E-state index contributed by atoms with van der Waals surface area (Å²) in [6.07, 6.45) is 4.96. The van der Waals surface area contributed by atoms with Crippen molar-refractivity contribution < 1.29 is 5.11 Å². The summed E-state index contributed by atoms with van der Waals surface area (Å²) in [5.74, 6) is 0.221. The van der Waals surface area contributed by atoms with Gasteiger partial charge in [-0.1, -0.05) is 0 Å². The number of hydrogen-bond donors (Lipinski definition) is 3.